The van der Waals surface area contributed by atoms with Crippen LogP contribution in [0.4, 0.5) is 0 Å². The maximum absolute atomic E-state index is 12.3. The highest BCUT2D eigenvalue weighted by Gasteiger charge is 2.42. The lowest BCUT2D eigenvalue weighted by molar-refractivity contribution is 0.0733. The predicted molar refractivity (Wildman–Crippen MR) is 67.0 cm³/mol. The van der Waals surface area contributed by atoms with Crippen molar-refractivity contribution in [3.05, 3.63) is 27.7 Å². The van der Waals surface area contributed by atoms with E-state index in [1.165, 1.54) is 10.8 Å². The average molecular weight is 265 g/mol. The molecule has 102 valence electrons. The summed E-state index contributed by atoms with van der Waals surface area (Å²) >= 11 is 0. The van der Waals surface area contributed by atoms with E-state index >= 15 is 0 Å². The fourth-order valence-corrected chi connectivity index (χ4v) is 2.12. The molecule has 2 rings (SSSR count). The average Bonchev–Trinajstić information content (AvgIpc) is 2.31. The van der Waals surface area contributed by atoms with Gasteiger partial charge in [-0.3, -0.25) is 14.4 Å². The lowest BCUT2D eigenvalue weighted by atomic mass is 9.76. The number of amides is 1. The molecule has 0 saturated heterocycles. The van der Waals surface area contributed by atoms with Crippen LogP contribution in [0, 0.1) is 5.41 Å². The molecule has 5 N–H and O–H groups in total. The highest BCUT2D eigenvalue weighted by Crippen LogP contribution is 2.33. The number of hydrogen-bond acceptors (Lipinski definition) is 5. The van der Waals surface area contributed by atoms with E-state index in [9.17, 15) is 19.5 Å². The molecule has 0 saturated carbocycles. The summed E-state index contributed by atoms with van der Waals surface area (Å²) in [6, 6.07) is -0.491. The van der Waals surface area contributed by atoms with E-state index < -0.39 is 34.3 Å². The molecule has 1 aliphatic heterocycles. The molecule has 0 bridgehead atoms. The van der Waals surface area contributed by atoms with Crippen LogP contribution < -0.4 is 16.9 Å². The van der Waals surface area contributed by atoms with Gasteiger partial charge in [0.25, 0.3) is 5.91 Å². The van der Waals surface area contributed by atoms with Gasteiger partial charge in [-0.05, 0) is 0 Å². The molecule has 2 heterocycles. The number of carbonyl (C=O) groups is 2. The fraction of sp³-hybridized carbons (Fsp3) is 0.417. The zero-order chi connectivity index (χ0) is 14.5. The molecule has 19 heavy (non-hydrogen) atoms. The summed E-state index contributed by atoms with van der Waals surface area (Å²) in [5.41, 5.74) is 8.67. The van der Waals surface area contributed by atoms with Crippen LogP contribution in [0.2, 0.25) is 0 Å². The van der Waals surface area contributed by atoms with Crippen LogP contribution in [-0.4, -0.2) is 27.4 Å². The Kier molecular flexibility index (Phi) is 2.74. The molecule has 1 atom stereocenters. The first-order valence-electron chi connectivity index (χ1n) is 5.74. The molecule has 1 aromatic heterocycles. The van der Waals surface area contributed by atoms with Crippen molar-refractivity contribution in [2.75, 3.05) is 0 Å². The second-order valence-electron chi connectivity index (χ2n) is 5.24. The Hall–Kier alpha value is -2.15. The third-order valence-electron chi connectivity index (χ3n) is 3.64. The van der Waals surface area contributed by atoms with Gasteiger partial charge in [0, 0.05) is 24.2 Å². The third kappa shape index (κ3) is 1.74. The number of ketones is 1. The van der Waals surface area contributed by atoms with Gasteiger partial charge >= 0.3 is 0 Å². The second kappa shape index (κ2) is 3.92. The molecule has 7 nitrogen and oxygen atoms in total. The molecule has 1 unspecified atom stereocenters. The van der Waals surface area contributed by atoms with Gasteiger partial charge in [-0.25, -0.2) is 0 Å². The summed E-state index contributed by atoms with van der Waals surface area (Å²) in [6.07, 6.45) is 1.17. The smallest absolute Gasteiger partial charge is 0.254 e. The molecule has 0 radical (unpaired) electrons. The van der Waals surface area contributed by atoms with Crippen molar-refractivity contribution in [2.24, 2.45) is 16.9 Å². The van der Waals surface area contributed by atoms with Crippen molar-refractivity contribution >= 4 is 11.7 Å². The number of primary amides is 1. The number of aromatic nitrogens is 1. The summed E-state index contributed by atoms with van der Waals surface area (Å²) in [5.74, 6) is -2.14. The van der Waals surface area contributed by atoms with Crippen molar-refractivity contribution in [3.8, 4) is 5.75 Å². The zero-order valence-electron chi connectivity index (χ0n) is 10.6. The van der Waals surface area contributed by atoms with Gasteiger partial charge in [0.15, 0.2) is 11.5 Å². The highest BCUT2D eigenvalue weighted by molar-refractivity contribution is 6.03. The Labute approximate surface area is 108 Å². The number of rotatable bonds is 1. The molecule has 1 aliphatic rings. The lowest BCUT2D eigenvalue weighted by Gasteiger charge is -2.36. The number of hydrogen-bond donors (Lipinski definition) is 3. The summed E-state index contributed by atoms with van der Waals surface area (Å²) in [5, 5.41) is 9.86. The van der Waals surface area contributed by atoms with Crippen LogP contribution in [0.25, 0.3) is 0 Å². The Morgan fingerprint density at radius 1 is 1.47 bits per heavy atom. The number of aromatic hydroxyl groups is 1. The standard InChI is InChI=1S/C12H15N3O4/c1-12(2)6(13)4-15-3-5(11(14)19)8(16)9(17)7(15)10(12)18/h3,6,17H,4,13H2,1-2H3,(H2,14,19). The van der Waals surface area contributed by atoms with Gasteiger partial charge in [-0.2, -0.15) is 0 Å². The van der Waals surface area contributed by atoms with Crippen molar-refractivity contribution in [1.82, 2.24) is 4.57 Å². The van der Waals surface area contributed by atoms with Crippen LogP contribution >= 0.6 is 0 Å². The van der Waals surface area contributed by atoms with E-state index in [-0.39, 0.29) is 17.8 Å². The van der Waals surface area contributed by atoms with Gasteiger partial charge < -0.3 is 21.1 Å². The fourth-order valence-electron chi connectivity index (χ4n) is 2.12. The van der Waals surface area contributed by atoms with Gasteiger partial charge in [-0.1, -0.05) is 13.8 Å². The molecular formula is C12H15N3O4. The zero-order valence-corrected chi connectivity index (χ0v) is 10.6. The first kappa shape index (κ1) is 13.3. The van der Waals surface area contributed by atoms with Crippen molar-refractivity contribution in [3.63, 3.8) is 0 Å². The van der Waals surface area contributed by atoms with Crippen LogP contribution in [0.5, 0.6) is 5.75 Å². The van der Waals surface area contributed by atoms with Crippen LogP contribution in [-0.2, 0) is 6.54 Å². The van der Waals surface area contributed by atoms with Crippen molar-refractivity contribution < 1.29 is 14.7 Å². The van der Waals surface area contributed by atoms with E-state index in [4.69, 9.17) is 11.5 Å². The normalized spacial score (nSPS) is 21.0. The minimum Gasteiger partial charge on any atom is -0.503 e. The predicted octanol–water partition coefficient (Wildman–Crippen LogP) is -0.797. The largest absolute Gasteiger partial charge is 0.503 e. The van der Waals surface area contributed by atoms with Gasteiger partial charge in [0.1, 0.15) is 11.3 Å². The summed E-state index contributed by atoms with van der Waals surface area (Å²) in [4.78, 5) is 35.2. The molecule has 1 amide bonds. The van der Waals surface area contributed by atoms with Crippen molar-refractivity contribution in [1.29, 1.82) is 0 Å². The van der Waals surface area contributed by atoms with Crippen LogP contribution in [0.3, 0.4) is 0 Å². The molecule has 0 aliphatic carbocycles. The lowest BCUT2D eigenvalue weighted by Crippen LogP contribution is -2.51. The first-order valence-corrected chi connectivity index (χ1v) is 5.74. The number of carbonyl (C=O) groups excluding carboxylic acids is 2. The van der Waals surface area contributed by atoms with Gasteiger partial charge in [0.05, 0.1) is 0 Å². The molecule has 0 aromatic carbocycles. The van der Waals surface area contributed by atoms with Crippen molar-refractivity contribution in [2.45, 2.75) is 26.4 Å². The van der Waals surface area contributed by atoms with E-state index in [1.807, 2.05) is 0 Å². The number of fused-ring (bicyclic) bond motifs is 1. The van der Waals surface area contributed by atoms with E-state index in [2.05, 4.69) is 0 Å². The summed E-state index contributed by atoms with van der Waals surface area (Å²) < 4.78 is 1.31. The van der Waals surface area contributed by atoms with Crippen LogP contribution in [0.1, 0.15) is 34.7 Å². The van der Waals surface area contributed by atoms with E-state index in [0.717, 1.165) is 0 Å². The molecule has 7 heteroatoms. The minimum absolute atomic E-state index is 0.123. The molecule has 0 spiro atoms. The monoisotopic (exact) mass is 265 g/mol. The molecular weight excluding hydrogens is 250 g/mol. The maximum Gasteiger partial charge on any atom is 0.254 e. The molecule has 0 fully saturated rings. The number of nitrogens with two attached hydrogens (primary N) is 2. The minimum atomic E-state index is -0.957. The summed E-state index contributed by atoms with van der Waals surface area (Å²) in [6.45, 7) is 3.51. The van der Waals surface area contributed by atoms with Crippen LogP contribution in [0.15, 0.2) is 11.0 Å². The third-order valence-corrected chi connectivity index (χ3v) is 3.64. The Bertz CT molecular complexity index is 645. The number of Topliss-reactive ketones (excluding diaryl/α,β-unsaturated/α-hetero) is 1. The summed E-state index contributed by atoms with van der Waals surface area (Å²) in [7, 11) is 0. The van der Waals surface area contributed by atoms with E-state index in [1.54, 1.807) is 13.8 Å². The Morgan fingerprint density at radius 2 is 2.05 bits per heavy atom. The first-order chi connectivity index (χ1) is 8.67. The number of pyridine rings is 1. The number of nitrogens with zero attached hydrogens (tertiary/aromatic N) is 1. The second-order valence-corrected chi connectivity index (χ2v) is 5.24. The van der Waals surface area contributed by atoms with Gasteiger partial charge in [0.2, 0.25) is 5.43 Å². The van der Waals surface area contributed by atoms with E-state index in [0.29, 0.717) is 0 Å². The highest BCUT2D eigenvalue weighted by atomic mass is 16.3. The maximum atomic E-state index is 12.3. The Balaban J connectivity index is 2.78. The SMILES string of the molecule is CC1(C)C(=O)c2c(O)c(=O)c(C(N)=O)cn2CC1N. The molecule has 1 aromatic rings. The topological polar surface area (TPSA) is 128 Å². The quantitative estimate of drug-likeness (QED) is 0.612. The Morgan fingerprint density at radius 3 is 2.58 bits per heavy atom. The van der Waals surface area contributed by atoms with Gasteiger partial charge in [-0.15, -0.1) is 0 Å².